The third kappa shape index (κ3) is 5.23. The van der Waals surface area contributed by atoms with Gasteiger partial charge in [0.2, 0.25) is 5.91 Å². The van der Waals surface area contributed by atoms with Gasteiger partial charge in [-0.05, 0) is 48.5 Å². The molecule has 1 aromatic heterocycles. The van der Waals surface area contributed by atoms with Crippen LogP contribution in [0.25, 0.3) is 5.69 Å². The predicted molar refractivity (Wildman–Crippen MR) is 120 cm³/mol. The lowest BCUT2D eigenvalue weighted by atomic mass is 10.3. The lowest BCUT2D eigenvalue weighted by Crippen LogP contribution is -2.15. The first kappa shape index (κ1) is 20.5. The maximum atomic E-state index is 12.6. The average molecular weight is 433 g/mol. The molecule has 0 aliphatic rings. The molecule has 0 aliphatic heterocycles. The number of methoxy groups -OCH3 is 1. The molecule has 0 spiro atoms. The molecule has 0 aliphatic carbocycles. The highest BCUT2D eigenvalue weighted by molar-refractivity contribution is 7.99. The van der Waals surface area contributed by atoms with Crippen LogP contribution < -0.4 is 14.8 Å². The van der Waals surface area contributed by atoms with E-state index >= 15 is 0 Å². The maximum absolute atomic E-state index is 12.6. The first-order valence-corrected chi connectivity index (χ1v) is 10.5. The number of hydrogen-bond donors (Lipinski definition) is 1. The zero-order valence-electron chi connectivity index (χ0n) is 16.8. The Labute approximate surface area is 184 Å². The third-order valence-electron chi connectivity index (χ3n) is 4.33. The molecule has 156 valence electrons. The molecular weight excluding hydrogens is 412 g/mol. The summed E-state index contributed by atoms with van der Waals surface area (Å²) in [6.07, 6.45) is 1.62. The highest BCUT2D eigenvalue weighted by atomic mass is 32.2. The van der Waals surface area contributed by atoms with Crippen LogP contribution >= 0.6 is 11.8 Å². The summed E-state index contributed by atoms with van der Waals surface area (Å²) in [5.74, 6) is 2.05. The first-order chi connectivity index (χ1) is 15.2. The van der Waals surface area contributed by atoms with Crippen molar-refractivity contribution in [3.8, 4) is 22.9 Å². The SMILES string of the molecule is COc1ccc(-n2cnnc2SCC(=O)Nc2ccccc2Oc2ccccc2)cc1. The van der Waals surface area contributed by atoms with Crippen LogP contribution in [0, 0.1) is 0 Å². The number of amides is 1. The molecule has 0 radical (unpaired) electrons. The number of thioether (sulfide) groups is 1. The van der Waals surface area contributed by atoms with Crippen LogP contribution in [0.15, 0.2) is 90.3 Å². The second kappa shape index (κ2) is 9.82. The van der Waals surface area contributed by atoms with E-state index in [0.717, 1.165) is 11.4 Å². The van der Waals surface area contributed by atoms with Gasteiger partial charge in [-0.2, -0.15) is 0 Å². The van der Waals surface area contributed by atoms with Gasteiger partial charge in [0.1, 0.15) is 17.8 Å². The monoisotopic (exact) mass is 432 g/mol. The average Bonchev–Trinajstić information content (AvgIpc) is 3.28. The van der Waals surface area contributed by atoms with Crippen molar-refractivity contribution in [2.24, 2.45) is 0 Å². The summed E-state index contributed by atoms with van der Waals surface area (Å²) >= 11 is 1.30. The minimum atomic E-state index is -0.168. The summed E-state index contributed by atoms with van der Waals surface area (Å²) in [6.45, 7) is 0. The Kier molecular flexibility index (Phi) is 6.49. The van der Waals surface area contributed by atoms with E-state index in [1.807, 2.05) is 77.4 Å². The van der Waals surface area contributed by atoms with Gasteiger partial charge in [-0.1, -0.05) is 42.1 Å². The first-order valence-electron chi connectivity index (χ1n) is 9.52. The van der Waals surface area contributed by atoms with Crippen molar-refractivity contribution < 1.29 is 14.3 Å². The van der Waals surface area contributed by atoms with Gasteiger partial charge in [-0.15, -0.1) is 10.2 Å². The van der Waals surface area contributed by atoms with Crippen LogP contribution in [0.2, 0.25) is 0 Å². The van der Waals surface area contributed by atoms with Crippen LogP contribution in [0.5, 0.6) is 17.2 Å². The lowest BCUT2D eigenvalue weighted by molar-refractivity contribution is -0.113. The number of nitrogens with zero attached hydrogens (tertiary/aromatic N) is 3. The lowest BCUT2D eigenvalue weighted by Gasteiger charge is -2.12. The van der Waals surface area contributed by atoms with Crippen molar-refractivity contribution in [1.29, 1.82) is 0 Å². The van der Waals surface area contributed by atoms with Crippen molar-refractivity contribution in [2.75, 3.05) is 18.2 Å². The van der Waals surface area contributed by atoms with E-state index in [1.54, 1.807) is 19.5 Å². The van der Waals surface area contributed by atoms with Gasteiger partial charge in [0.05, 0.1) is 18.6 Å². The highest BCUT2D eigenvalue weighted by Gasteiger charge is 2.12. The Morgan fingerprint density at radius 1 is 0.968 bits per heavy atom. The van der Waals surface area contributed by atoms with E-state index in [2.05, 4.69) is 15.5 Å². The number of benzene rings is 3. The van der Waals surface area contributed by atoms with E-state index in [-0.39, 0.29) is 11.7 Å². The van der Waals surface area contributed by atoms with Crippen molar-refractivity contribution in [1.82, 2.24) is 14.8 Å². The molecule has 7 nitrogen and oxygen atoms in total. The molecule has 1 heterocycles. The van der Waals surface area contributed by atoms with E-state index in [4.69, 9.17) is 9.47 Å². The van der Waals surface area contributed by atoms with Gasteiger partial charge in [0.25, 0.3) is 0 Å². The molecule has 3 aromatic carbocycles. The number of ether oxygens (including phenoxy) is 2. The Hall–Kier alpha value is -3.78. The Morgan fingerprint density at radius 3 is 2.48 bits per heavy atom. The number of carbonyl (C=O) groups excluding carboxylic acids is 1. The van der Waals surface area contributed by atoms with Gasteiger partial charge in [0, 0.05) is 5.69 Å². The minimum Gasteiger partial charge on any atom is -0.497 e. The van der Waals surface area contributed by atoms with Crippen LogP contribution in [0.1, 0.15) is 0 Å². The van der Waals surface area contributed by atoms with Crippen LogP contribution in [-0.2, 0) is 4.79 Å². The molecule has 0 saturated heterocycles. The smallest absolute Gasteiger partial charge is 0.234 e. The van der Waals surface area contributed by atoms with Crippen LogP contribution in [0.3, 0.4) is 0 Å². The normalized spacial score (nSPS) is 10.5. The van der Waals surface area contributed by atoms with E-state index in [9.17, 15) is 4.79 Å². The molecule has 0 saturated carbocycles. The Balaban J connectivity index is 1.40. The second-order valence-electron chi connectivity index (χ2n) is 6.43. The number of carbonyl (C=O) groups is 1. The quantitative estimate of drug-likeness (QED) is 0.403. The van der Waals surface area contributed by atoms with Gasteiger partial charge >= 0.3 is 0 Å². The number of rotatable bonds is 8. The molecule has 4 rings (SSSR count). The fraction of sp³-hybridized carbons (Fsp3) is 0.0870. The Morgan fingerprint density at radius 2 is 1.71 bits per heavy atom. The summed E-state index contributed by atoms with van der Waals surface area (Å²) < 4.78 is 12.9. The van der Waals surface area contributed by atoms with Gasteiger partial charge in [0.15, 0.2) is 10.9 Å². The Bertz CT molecular complexity index is 1150. The molecular formula is C23H20N4O3S. The summed E-state index contributed by atoms with van der Waals surface area (Å²) in [7, 11) is 1.62. The number of nitrogens with one attached hydrogen (secondary N) is 1. The van der Waals surface area contributed by atoms with Crippen molar-refractivity contribution >= 4 is 23.4 Å². The summed E-state index contributed by atoms with van der Waals surface area (Å²) in [6, 6.07) is 24.3. The number of hydrogen-bond acceptors (Lipinski definition) is 6. The standard InChI is InChI=1S/C23H20N4O3S/c1-29-18-13-11-17(12-14-18)27-16-24-26-23(27)31-15-22(28)25-20-9-5-6-10-21(20)30-19-7-3-2-4-8-19/h2-14,16H,15H2,1H3,(H,25,28). The van der Waals surface area contributed by atoms with Gasteiger partial charge < -0.3 is 14.8 Å². The zero-order valence-corrected chi connectivity index (χ0v) is 17.6. The topological polar surface area (TPSA) is 78.3 Å². The number of para-hydroxylation sites is 3. The van der Waals surface area contributed by atoms with Crippen molar-refractivity contribution in [3.63, 3.8) is 0 Å². The van der Waals surface area contributed by atoms with E-state index in [1.165, 1.54) is 11.8 Å². The van der Waals surface area contributed by atoms with Crippen LogP contribution in [-0.4, -0.2) is 33.5 Å². The van der Waals surface area contributed by atoms with Crippen molar-refractivity contribution in [3.05, 3.63) is 85.2 Å². The molecule has 4 aromatic rings. The summed E-state index contributed by atoms with van der Waals surface area (Å²) in [5.41, 5.74) is 1.49. The molecule has 0 fully saturated rings. The largest absolute Gasteiger partial charge is 0.497 e. The molecule has 1 amide bonds. The summed E-state index contributed by atoms with van der Waals surface area (Å²) in [4.78, 5) is 12.6. The van der Waals surface area contributed by atoms with Gasteiger partial charge in [-0.3, -0.25) is 9.36 Å². The summed E-state index contributed by atoms with van der Waals surface area (Å²) in [5, 5.41) is 11.6. The fourth-order valence-electron chi connectivity index (χ4n) is 2.83. The zero-order chi connectivity index (χ0) is 21.5. The maximum Gasteiger partial charge on any atom is 0.234 e. The molecule has 0 atom stereocenters. The van der Waals surface area contributed by atoms with E-state index < -0.39 is 0 Å². The second-order valence-corrected chi connectivity index (χ2v) is 7.37. The van der Waals surface area contributed by atoms with Crippen molar-refractivity contribution in [2.45, 2.75) is 5.16 Å². The molecule has 0 bridgehead atoms. The number of aromatic nitrogens is 3. The molecule has 8 heteroatoms. The fourth-order valence-corrected chi connectivity index (χ4v) is 3.56. The number of anilines is 1. The predicted octanol–water partition coefficient (Wildman–Crippen LogP) is 4.80. The molecule has 31 heavy (non-hydrogen) atoms. The molecule has 0 unspecified atom stereocenters. The highest BCUT2D eigenvalue weighted by Crippen LogP contribution is 2.29. The van der Waals surface area contributed by atoms with E-state index in [0.29, 0.717) is 22.3 Å². The van der Waals surface area contributed by atoms with Gasteiger partial charge in [-0.25, -0.2) is 0 Å². The third-order valence-corrected chi connectivity index (χ3v) is 5.27. The van der Waals surface area contributed by atoms with Crippen LogP contribution in [0.4, 0.5) is 5.69 Å². The minimum absolute atomic E-state index is 0.168. The molecule has 1 N–H and O–H groups in total.